The number of hydrogen-bond acceptors (Lipinski definition) is 4. The number of nitrogens with one attached hydrogen (secondary N) is 1. The third-order valence-corrected chi connectivity index (χ3v) is 9.36. The third-order valence-electron chi connectivity index (χ3n) is 9.36. The van der Waals surface area contributed by atoms with Crippen LogP contribution in [0.4, 0.5) is 0 Å². The molecule has 0 aliphatic rings. The first-order chi connectivity index (χ1) is 24.1. The average Bonchev–Trinajstić information content (AvgIpc) is 3.10. The molecule has 1 amide bonds. The maximum atomic E-state index is 12.4. The Bertz CT molecular complexity index is 805. The number of amides is 1. The van der Waals surface area contributed by atoms with Crippen molar-refractivity contribution in [2.45, 2.75) is 218 Å². The first kappa shape index (κ1) is 47.3. The zero-order valence-corrected chi connectivity index (χ0v) is 32.3. The molecule has 49 heavy (non-hydrogen) atoms. The van der Waals surface area contributed by atoms with E-state index in [0.29, 0.717) is 12.8 Å². The van der Waals surface area contributed by atoms with Crippen molar-refractivity contribution >= 4 is 5.91 Å². The lowest BCUT2D eigenvalue weighted by molar-refractivity contribution is -0.124. The molecular formula is C44H81NO4. The van der Waals surface area contributed by atoms with Gasteiger partial charge in [0.1, 0.15) is 6.10 Å². The van der Waals surface area contributed by atoms with E-state index in [4.69, 9.17) is 0 Å². The van der Waals surface area contributed by atoms with Crippen LogP contribution >= 0.6 is 0 Å². The Morgan fingerprint density at radius 2 is 0.939 bits per heavy atom. The van der Waals surface area contributed by atoms with E-state index >= 15 is 0 Å². The van der Waals surface area contributed by atoms with Gasteiger partial charge in [-0.3, -0.25) is 4.79 Å². The molecule has 5 heteroatoms. The number of unbranched alkanes of at least 4 members (excludes halogenated alkanes) is 21. The van der Waals surface area contributed by atoms with Gasteiger partial charge in [0.05, 0.1) is 18.8 Å². The lowest BCUT2D eigenvalue weighted by atomic mass is 10.0. The van der Waals surface area contributed by atoms with Crippen molar-refractivity contribution in [3.05, 3.63) is 48.6 Å². The molecule has 0 saturated carbocycles. The molecule has 4 N–H and O–H groups in total. The summed E-state index contributed by atoms with van der Waals surface area (Å²) >= 11 is 0. The van der Waals surface area contributed by atoms with Gasteiger partial charge in [-0.25, -0.2) is 0 Å². The summed E-state index contributed by atoms with van der Waals surface area (Å²) in [6, 6.07) is -0.834. The predicted molar refractivity (Wildman–Crippen MR) is 213 cm³/mol. The molecule has 0 aliphatic carbocycles. The van der Waals surface area contributed by atoms with Crippen LogP contribution < -0.4 is 5.32 Å². The fraction of sp³-hybridized carbons (Fsp3) is 0.795. The smallest absolute Gasteiger partial charge is 0.220 e. The van der Waals surface area contributed by atoms with Gasteiger partial charge in [-0.05, 0) is 77.0 Å². The number of hydrogen-bond donors (Lipinski definition) is 4. The molecule has 0 saturated heterocycles. The first-order valence-electron chi connectivity index (χ1n) is 20.9. The number of aliphatic hydroxyl groups excluding tert-OH is 3. The van der Waals surface area contributed by atoms with E-state index in [1.807, 2.05) is 0 Å². The highest BCUT2D eigenvalue weighted by atomic mass is 16.3. The second-order valence-corrected chi connectivity index (χ2v) is 14.2. The predicted octanol–water partition coefficient (Wildman–Crippen LogP) is 11.8. The number of rotatable bonds is 37. The van der Waals surface area contributed by atoms with Gasteiger partial charge in [0.15, 0.2) is 0 Å². The Hall–Kier alpha value is -1.69. The van der Waals surface area contributed by atoms with E-state index < -0.39 is 18.2 Å². The number of allylic oxidation sites excluding steroid dienone is 8. The number of carbonyl (C=O) groups excluding carboxylic acids is 1. The molecule has 0 aromatic carbocycles. The van der Waals surface area contributed by atoms with Crippen molar-refractivity contribution in [2.75, 3.05) is 6.61 Å². The topological polar surface area (TPSA) is 89.8 Å². The summed E-state index contributed by atoms with van der Waals surface area (Å²) in [5.74, 6) is -0.166. The Balaban J connectivity index is 3.64. The molecule has 0 bridgehead atoms. The van der Waals surface area contributed by atoms with Crippen LogP contribution in [0.25, 0.3) is 0 Å². The van der Waals surface area contributed by atoms with Gasteiger partial charge in [-0.15, -0.1) is 0 Å². The van der Waals surface area contributed by atoms with Gasteiger partial charge in [-0.1, -0.05) is 165 Å². The number of carbonyl (C=O) groups is 1. The quantitative estimate of drug-likeness (QED) is 0.0386. The third kappa shape index (κ3) is 34.5. The van der Waals surface area contributed by atoms with Gasteiger partial charge in [-0.2, -0.15) is 0 Å². The summed E-state index contributed by atoms with van der Waals surface area (Å²) in [6.07, 6.45) is 49.4. The Morgan fingerprint density at radius 1 is 0.510 bits per heavy atom. The van der Waals surface area contributed by atoms with Crippen LogP contribution in [0.1, 0.15) is 200 Å². The standard InChI is InChI=1S/C44H81NO4/c1-3-5-7-9-11-13-15-16-17-18-19-20-21-22-23-24-25-26-27-28-29-31-33-35-37-39-43(48)45-41(40-46)44(49)42(47)38-36-34-32-30-14-12-10-8-6-4-2/h8,10,19-20,22-23,30,32,41-42,44,46-47,49H,3-7,9,11-18,21,24-29,31,33-40H2,1-2H3,(H,45,48)/b10-8+,20-19-,23-22-,32-30+. The summed E-state index contributed by atoms with van der Waals surface area (Å²) < 4.78 is 0. The van der Waals surface area contributed by atoms with Crippen LogP contribution in [-0.4, -0.2) is 46.1 Å². The zero-order valence-electron chi connectivity index (χ0n) is 32.3. The Kier molecular flexibility index (Phi) is 37.8. The van der Waals surface area contributed by atoms with Crippen molar-refractivity contribution in [1.29, 1.82) is 0 Å². The second kappa shape index (κ2) is 39.1. The normalized spacial score (nSPS) is 14.1. The average molecular weight is 688 g/mol. The lowest BCUT2D eigenvalue weighted by Gasteiger charge is -2.26. The number of aliphatic hydroxyl groups is 3. The fourth-order valence-corrected chi connectivity index (χ4v) is 6.10. The van der Waals surface area contributed by atoms with Gasteiger partial charge in [0.25, 0.3) is 0 Å². The Labute approximate surface area is 304 Å². The molecule has 0 aromatic heterocycles. The van der Waals surface area contributed by atoms with Crippen LogP contribution in [0.15, 0.2) is 48.6 Å². The highest BCUT2D eigenvalue weighted by Gasteiger charge is 2.26. The SMILES string of the molecule is CCC/C=C/CC/C=C/CCCC(O)C(O)C(CO)NC(=O)CCCCCCCCCCC/C=C\C/C=C\CCCCCCCCCCC. The molecule has 0 fully saturated rings. The van der Waals surface area contributed by atoms with E-state index in [-0.39, 0.29) is 12.5 Å². The molecule has 0 radical (unpaired) electrons. The summed E-state index contributed by atoms with van der Waals surface area (Å²) in [7, 11) is 0. The van der Waals surface area contributed by atoms with Crippen molar-refractivity contribution < 1.29 is 20.1 Å². The van der Waals surface area contributed by atoms with Crippen LogP contribution in [0, 0.1) is 0 Å². The van der Waals surface area contributed by atoms with Gasteiger partial charge in [0.2, 0.25) is 5.91 Å². The molecule has 286 valence electrons. The van der Waals surface area contributed by atoms with Crippen LogP contribution in [0.2, 0.25) is 0 Å². The minimum Gasteiger partial charge on any atom is -0.394 e. The highest BCUT2D eigenvalue weighted by Crippen LogP contribution is 2.14. The van der Waals surface area contributed by atoms with Crippen molar-refractivity contribution in [2.24, 2.45) is 0 Å². The van der Waals surface area contributed by atoms with E-state index in [0.717, 1.165) is 57.8 Å². The second-order valence-electron chi connectivity index (χ2n) is 14.2. The molecule has 0 heterocycles. The van der Waals surface area contributed by atoms with Crippen LogP contribution in [0.3, 0.4) is 0 Å². The van der Waals surface area contributed by atoms with Crippen molar-refractivity contribution in [1.82, 2.24) is 5.32 Å². The molecule has 3 unspecified atom stereocenters. The molecule has 0 aromatic rings. The first-order valence-corrected chi connectivity index (χ1v) is 20.9. The van der Waals surface area contributed by atoms with E-state index in [2.05, 4.69) is 67.8 Å². The van der Waals surface area contributed by atoms with E-state index in [1.54, 1.807) is 0 Å². The maximum absolute atomic E-state index is 12.4. The van der Waals surface area contributed by atoms with Gasteiger partial charge >= 0.3 is 0 Å². The maximum Gasteiger partial charge on any atom is 0.220 e. The van der Waals surface area contributed by atoms with Crippen LogP contribution in [-0.2, 0) is 4.79 Å². The lowest BCUT2D eigenvalue weighted by Crippen LogP contribution is -2.50. The molecule has 0 aliphatic heterocycles. The summed E-state index contributed by atoms with van der Waals surface area (Å²) in [4.78, 5) is 12.4. The molecule has 3 atom stereocenters. The van der Waals surface area contributed by atoms with E-state index in [1.165, 1.54) is 116 Å². The molecule has 0 spiro atoms. The van der Waals surface area contributed by atoms with E-state index in [9.17, 15) is 20.1 Å². The monoisotopic (exact) mass is 688 g/mol. The molecule has 0 rings (SSSR count). The molecule has 5 nitrogen and oxygen atoms in total. The van der Waals surface area contributed by atoms with Crippen molar-refractivity contribution in [3.63, 3.8) is 0 Å². The minimum atomic E-state index is -1.17. The van der Waals surface area contributed by atoms with Crippen LogP contribution in [0.5, 0.6) is 0 Å². The minimum absolute atomic E-state index is 0.166. The molecular weight excluding hydrogens is 606 g/mol. The summed E-state index contributed by atoms with van der Waals surface area (Å²) in [5.41, 5.74) is 0. The summed E-state index contributed by atoms with van der Waals surface area (Å²) in [5, 5.41) is 33.3. The van der Waals surface area contributed by atoms with Gasteiger partial charge in [0, 0.05) is 6.42 Å². The van der Waals surface area contributed by atoms with Gasteiger partial charge < -0.3 is 20.6 Å². The summed E-state index contributed by atoms with van der Waals surface area (Å²) in [6.45, 7) is 4.07. The van der Waals surface area contributed by atoms with Crippen molar-refractivity contribution in [3.8, 4) is 0 Å². The Morgan fingerprint density at radius 3 is 1.45 bits per heavy atom. The fourth-order valence-electron chi connectivity index (χ4n) is 6.10. The zero-order chi connectivity index (χ0) is 35.9. The highest BCUT2D eigenvalue weighted by molar-refractivity contribution is 5.76. The largest absolute Gasteiger partial charge is 0.394 e.